The summed E-state index contributed by atoms with van der Waals surface area (Å²) in [6.45, 7) is 5.51. The standard InChI is InChI=1S/C19H19F3S/c1-14(2)12-18(23-19(20,21)22)13-15-8-10-17(11-9-15)16-6-4-3-5-7-16/h3-11,18H,1,12-13H2,2H3. The van der Waals surface area contributed by atoms with E-state index < -0.39 is 10.8 Å². The Morgan fingerprint density at radius 1 is 1.00 bits per heavy atom. The van der Waals surface area contributed by atoms with Gasteiger partial charge in [0, 0.05) is 5.25 Å². The predicted molar refractivity (Wildman–Crippen MR) is 92.4 cm³/mol. The molecule has 0 aliphatic carbocycles. The fourth-order valence-electron chi connectivity index (χ4n) is 2.46. The first-order chi connectivity index (χ1) is 10.8. The molecule has 0 nitrogen and oxygen atoms in total. The monoisotopic (exact) mass is 336 g/mol. The van der Waals surface area contributed by atoms with Gasteiger partial charge in [-0.25, -0.2) is 0 Å². The molecule has 0 fully saturated rings. The van der Waals surface area contributed by atoms with Crippen LogP contribution in [0.15, 0.2) is 66.7 Å². The second kappa shape index (κ2) is 7.73. The van der Waals surface area contributed by atoms with E-state index >= 15 is 0 Å². The van der Waals surface area contributed by atoms with E-state index in [-0.39, 0.29) is 11.8 Å². The van der Waals surface area contributed by atoms with Crippen LogP contribution < -0.4 is 0 Å². The predicted octanol–water partition coefficient (Wildman–Crippen LogP) is 6.48. The zero-order valence-corrected chi connectivity index (χ0v) is 13.8. The first kappa shape index (κ1) is 17.7. The van der Waals surface area contributed by atoms with Gasteiger partial charge in [0.25, 0.3) is 0 Å². The second-order valence-corrected chi connectivity index (χ2v) is 6.98. The van der Waals surface area contributed by atoms with Gasteiger partial charge < -0.3 is 0 Å². The van der Waals surface area contributed by atoms with Crippen LogP contribution >= 0.6 is 11.8 Å². The quantitative estimate of drug-likeness (QED) is 0.544. The minimum Gasteiger partial charge on any atom is -0.160 e. The van der Waals surface area contributed by atoms with Crippen LogP contribution in [0.3, 0.4) is 0 Å². The highest BCUT2D eigenvalue weighted by atomic mass is 32.2. The molecule has 0 aromatic heterocycles. The molecule has 0 aliphatic heterocycles. The molecular formula is C19H19F3S. The summed E-state index contributed by atoms with van der Waals surface area (Å²) in [5.41, 5.74) is -0.374. The summed E-state index contributed by atoms with van der Waals surface area (Å²) in [6, 6.07) is 17.6. The maximum absolute atomic E-state index is 12.7. The molecule has 0 radical (unpaired) electrons. The number of halogens is 3. The van der Waals surface area contributed by atoms with Crippen molar-refractivity contribution in [3.05, 3.63) is 72.3 Å². The Hall–Kier alpha value is -1.68. The normalized spacial score (nSPS) is 12.9. The van der Waals surface area contributed by atoms with Gasteiger partial charge >= 0.3 is 5.51 Å². The molecule has 0 saturated heterocycles. The molecule has 2 aromatic carbocycles. The highest BCUT2D eigenvalue weighted by Crippen LogP contribution is 2.37. The Morgan fingerprint density at radius 2 is 1.57 bits per heavy atom. The van der Waals surface area contributed by atoms with Crippen molar-refractivity contribution >= 4 is 11.8 Å². The number of thioether (sulfide) groups is 1. The number of rotatable bonds is 6. The van der Waals surface area contributed by atoms with Crippen LogP contribution in [0.4, 0.5) is 13.2 Å². The summed E-state index contributed by atoms with van der Waals surface area (Å²) in [5, 5.41) is -0.532. The minimum absolute atomic E-state index is 0.0648. The Bertz CT molecular complexity index is 630. The molecule has 23 heavy (non-hydrogen) atoms. The molecule has 0 N–H and O–H groups in total. The minimum atomic E-state index is -4.22. The summed E-state index contributed by atoms with van der Waals surface area (Å²) in [6.07, 6.45) is 0.747. The number of alkyl halides is 3. The first-order valence-corrected chi connectivity index (χ1v) is 8.25. The van der Waals surface area contributed by atoms with E-state index in [1.54, 1.807) is 6.92 Å². The zero-order valence-electron chi connectivity index (χ0n) is 12.9. The average Bonchev–Trinajstić information content (AvgIpc) is 2.46. The van der Waals surface area contributed by atoms with Crippen molar-refractivity contribution in [2.24, 2.45) is 0 Å². The third kappa shape index (κ3) is 6.14. The van der Waals surface area contributed by atoms with E-state index in [2.05, 4.69) is 6.58 Å². The summed E-state index contributed by atoms with van der Waals surface area (Å²) >= 11 is 0.0648. The van der Waals surface area contributed by atoms with Crippen molar-refractivity contribution in [1.29, 1.82) is 0 Å². The molecule has 0 spiro atoms. The molecule has 4 heteroatoms. The van der Waals surface area contributed by atoms with E-state index in [0.717, 1.165) is 22.3 Å². The highest BCUT2D eigenvalue weighted by molar-refractivity contribution is 8.00. The molecular weight excluding hydrogens is 317 g/mol. The fraction of sp³-hybridized carbons (Fsp3) is 0.263. The fourth-order valence-corrected chi connectivity index (χ4v) is 3.48. The summed E-state index contributed by atoms with van der Waals surface area (Å²) in [7, 11) is 0. The van der Waals surface area contributed by atoms with Crippen LogP contribution in [0.1, 0.15) is 18.9 Å². The van der Waals surface area contributed by atoms with Crippen LogP contribution in [-0.4, -0.2) is 10.8 Å². The van der Waals surface area contributed by atoms with Crippen LogP contribution in [-0.2, 0) is 6.42 Å². The van der Waals surface area contributed by atoms with Gasteiger partial charge in [0.2, 0.25) is 0 Å². The smallest absolute Gasteiger partial charge is 0.160 e. The Balaban J connectivity index is 2.09. The Kier molecular flexibility index (Phi) is 5.94. The third-order valence-corrected chi connectivity index (χ3v) is 4.33. The van der Waals surface area contributed by atoms with Crippen LogP contribution in [0.25, 0.3) is 11.1 Å². The maximum Gasteiger partial charge on any atom is 0.442 e. The molecule has 0 bridgehead atoms. The lowest BCUT2D eigenvalue weighted by Gasteiger charge is -2.18. The molecule has 122 valence electrons. The van der Waals surface area contributed by atoms with Gasteiger partial charge in [-0.05, 0) is 48.2 Å². The SMILES string of the molecule is C=C(C)CC(Cc1ccc(-c2ccccc2)cc1)SC(F)(F)F. The highest BCUT2D eigenvalue weighted by Gasteiger charge is 2.32. The summed E-state index contributed by atoms with van der Waals surface area (Å²) in [5.74, 6) is 0. The molecule has 0 saturated carbocycles. The van der Waals surface area contributed by atoms with E-state index in [1.807, 2.05) is 54.6 Å². The van der Waals surface area contributed by atoms with Crippen molar-refractivity contribution in [3.8, 4) is 11.1 Å². The summed E-state index contributed by atoms with van der Waals surface area (Å²) in [4.78, 5) is 0. The van der Waals surface area contributed by atoms with E-state index in [1.165, 1.54) is 0 Å². The number of allylic oxidation sites excluding steroid dienone is 1. The Morgan fingerprint density at radius 3 is 2.09 bits per heavy atom. The largest absolute Gasteiger partial charge is 0.442 e. The lowest BCUT2D eigenvalue weighted by atomic mass is 10.0. The van der Waals surface area contributed by atoms with Gasteiger partial charge in [-0.3, -0.25) is 0 Å². The van der Waals surface area contributed by atoms with Crippen LogP contribution in [0, 0.1) is 0 Å². The Labute approximate surface area is 139 Å². The topological polar surface area (TPSA) is 0 Å². The molecule has 0 aliphatic rings. The van der Waals surface area contributed by atoms with Gasteiger partial charge in [0.1, 0.15) is 0 Å². The molecule has 2 rings (SSSR count). The first-order valence-electron chi connectivity index (χ1n) is 7.37. The average molecular weight is 336 g/mol. The molecule has 1 unspecified atom stereocenters. The molecule has 0 amide bonds. The molecule has 0 heterocycles. The molecule has 2 aromatic rings. The zero-order chi connectivity index (χ0) is 16.9. The number of hydrogen-bond acceptors (Lipinski definition) is 1. The lowest BCUT2D eigenvalue weighted by Crippen LogP contribution is -2.15. The lowest BCUT2D eigenvalue weighted by molar-refractivity contribution is -0.0333. The van der Waals surface area contributed by atoms with Crippen molar-refractivity contribution in [3.63, 3.8) is 0 Å². The third-order valence-electron chi connectivity index (χ3n) is 3.40. The van der Waals surface area contributed by atoms with Crippen molar-refractivity contribution in [2.45, 2.75) is 30.5 Å². The van der Waals surface area contributed by atoms with Gasteiger partial charge in [-0.2, -0.15) is 13.2 Å². The van der Waals surface area contributed by atoms with E-state index in [9.17, 15) is 13.2 Å². The summed E-state index contributed by atoms with van der Waals surface area (Å²) < 4.78 is 38.0. The van der Waals surface area contributed by atoms with E-state index in [0.29, 0.717) is 12.8 Å². The van der Waals surface area contributed by atoms with Gasteiger partial charge in [-0.15, -0.1) is 6.58 Å². The van der Waals surface area contributed by atoms with Crippen molar-refractivity contribution < 1.29 is 13.2 Å². The van der Waals surface area contributed by atoms with Crippen molar-refractivity contribution in [2.75, 3.05) is 0 Å². The number of hydrogen-bond donors (Lipinski definition) is 0. The van der Waals surface area contributed by atoms with Crippen LogP contribution in [0.2, 0.25) is 0 Å². The molecule has 1 atom stereocenters. The number of benzene rings is 2. The van der Waals surface area contributed by atoms with Crippen molar-refractivity contribution in [1.82, 2.24) is 0 Å². The van der Waals surface area contributed by atoms with Gasteiger partial charge in [0.05, 0.1) is 0 Å². The van der Waals surface area contributed by atoms with Gasteiger partial charge in [-0.1, -0.05) is 60.2 Å². The maximum atomic E-state index is 12.7. The van der Waals surface area contributed by atoms with Gasteiger partial charge in [0.15, 0.2) is 0 Å². The van der Waals surface area contributed by atoms with E-state index in [4.69, 9.17) is 0 Å². The second-order valence-electron chi connectivity index (χ2n) is 5.61. The van der Waals surface area contributed by atoms with Crippen LogP contribution in [0.5, 0.6) is 0 Å².